The van der Waals surface area contributed by atoms with Crippen LogP contribution in [0.15, 0.2) is 58.4 Å². The van der Waals surface area contributed by atoms with Gasteiger partial charge in [0.2, 0.25) is 0 Å². The van der Waals surface area contributed by atoms with E-state index < -0.39 is 0 Å². The lowest BCUT2D eigenvalue weighted by Crippen LogP contribution is -2.46. The van der Waals surface area contributed by atoms with Gasteiger partial charge in [0, 0.05) is 18.9 Å². The Bertz CT molecular complexity index is 1160. The zero-order valence-corrected chi connectivity index (χ0v) is 16.5. The fourth-order valence-corrected chi connectivity index (χ4v) is 2.72. The fourth-order valence-electron chi connectivity index (χ4n) is 2.72. The molecule has 0 atom stereocenters. The molecule has 0 fully saturated rings. The number of nitrogens with one attached hydrogen (secondary N) is 2. The summed E-state index contributed by atoms with van der Waals surface area (Å²) >= 11 is 0. The lowest BCUT2D eigenvalue weighted by Gasteiger charge is -2.10. The molecule has 3 aromatic rings. The van der Waals surface area contributed by atoms with Crippen LogP contribution in [0, 0.1) is 0 Å². The van der Waals surface area contributed by atoms with Crippen molar-refractivity contribution in [2.24, 2.45) is 0 Å². The van der Waals surface area contributed by atoms with Crippen LogP contribution in [0.4, 0.5) is 0 Å². The first-order valence-corrected chi connectivity index (χ1v) is 9.35. The molecular formula is C22H24N4O3. The first-order valence-electron chi connectivity index (χ1n) is 9.35. The van der Waals surface area contributed by atoms with Crippen molar-refractivity contribution in [1.82, 2.24) is 19.9 Å². The third-order valence-electron chi connectivity index (χ3n) is 4.19. The van der Waals surface area contributed by atoms with Gasteiger partial charge < -0.3 is 19.6 Å². The average Bonchev–Trinajstić information content (AvgIpc) is 2.71. The van der Waals surface area contributed by atoms with Crippen molar-refractivity contribution in [3.05, 3.63) is 91.3 Å². The van der Waals surface area contributed by atoms with Gasteiger partial charge in [-0.25, -0.2) is 0 Å². The van der Waals surface area contributed by atoms with E-state index in [0.717, 1.165) is 29.8 Å². The Kier molecular flexibility index (Phi) is 6.76. The summed E-state index contributed by atoms with van der Waals surface area (Å²) in [5.41, 5.74) is 0.770. The number of hydrogen-bond acceptors (Lipinski definition) is 5. The zero-order chi connectivity index (χ0) is 20.6. The van der Waals surface area contributed by atoms with Crippen LogP contribution in [0.2, 0.25) is 0 Å². The predicted octanol–water partition coefficient (Wildman–Crippen LogP) is 0.446. The summed E-state index contributed by atoms with van der Waals surface area (Å²) in [6.07, 6.45) is 7.41. The number of H-pyrrole nitrogens is 2. The van der Waals surface area contributed by atoms with Gasteiger partial charge in [-0.1, -0.05) is 18.2 Å². The first-order chi connectivity index (χ1) is 14.0. The van der Waals surface area contributed by atoms with Crippen molar-refractivity contribution in [2.75, 3.05) is 27.2 Å². The molecule has 2 aromatic heterocycles. The van der Waals surface area contributed by atoms with Crippen LogP contribution in [0.5, 0.6) is 5.75 Å². The summed E-state index contributed by atoms with van der Waals surface area (Å²) in [4.78, 5) is 36.0. The Balaban J connectivity index is 1.78. The van der Waals surface area contributed by atoms with Gasteiger partial charge >= 0.3 is 0 Å². The van der Waals surface area contributed by atoms with Crippen molar-refractivity contribution in [3.8, 4) is 5.75 Å². The molecule has 0 aliphatic heterocycles. The Labute approximate surface area is 168 Å². The van der Waals surface area contributed by atoms with E-state index in [2.05, 4.69) is 19.9 Å². The summed E-state index contributed by atoms with van der Waals surface area (Å²) in [6, 6.07) is 10.9. The van der Waals surface area contributed by atoms with Crippen LogP contribution in [0.3, 0.4) is 0 Å². The van der Waals surface area contributed by atoms with E-state index in [9.17, 15) is 9.59 Å². The van der Waals surface area contributed by atoms with Crippen LogP contribution >= 0.6 is 0 Å². The number of pyridine rings is 1. The van der Waals surface area contributed by atoms with E-state index >= 15 is 0 Å². The number of rotatable bonds is 7. The number of nitrogens with zero attached hydrogens (tertiary/aromatic N) is 2. The second-order valence-electron chi connectivity index (χ2n) is 6.88. The molecule has 0 saturated heterocycles. The van der Waals surface area contributed by atoms with Gasteiger partial charge in [-0.15, -0.1) is 0 Å². The van der Waals surface area contributed by atoms with E-state index in [1.165, 1.54) is 0 Å². The molecule has 7 heteroatoms. The molecule has 0 radical (unpaired) electrons. The highest BCUT2D eigenvalue weighted by Gasteiger charge is 1.99. The summed E-state index contributed by atoms with van der Waals surface area (Å²) in [6.45, 7) is 1.61. The molecular weight excluding hydrogens is 368 g/mol. The molecule has 0 saturated carbocycles. The number of benzene rings is 1. The molecule has 1 aromatic carbocycles. The molecule has 3 rings (SSSR count). The van der Waals surface area contributed by atoms with Crippen molar-refractivity contribution < 1.29 is 4.74 Å². The number of ether oxygens (including phenoxy) is 1. The molecule has 2 N–H and O–H groups in total. The van der Waals surface area contributed by atoms with Crippen molar-refractivity contribution in [3.63, 3.8) is 0 Å². The van der Waals surface area contributed by atoms with E-state index in [1.54, 1.807) is 36.7 Å². The second-order valence-corrected chi connectivity index (χ2v) is 6.88. The molecule has 0 aliphatic carbocycles. The van der Waals surface area contributed by atoms with Crippen molar-refractivity contribution >= 4 is 12.2 Å². The maximum atomic E-state index is 12.4. The number of aromatic amines is 2. The van der Waals surface area contributed by atoms with Crippen LogP contribution in [0.25, 0.3) is 12.2 Å². The molecule has 0 bridgehead atoms. The normalized spacial score (nSPS) is 12.5. The van der Waals surface area contributed by atoms with Gasteiger partial charge in [-0.05, 0) is 62.0 Å². The standard InChI is InChI=1S/C22H24N4O3/c1-26(2)11-4-12-29-18-8-6-16(7-9-18)13-19-21(27)25-20(22(28)24-19)14-17-5-3-10-23-15-17/h3,5-10,13-15H,4,11-12H2,1-2H3,(H,24,28)(H,25,27)/b19-13-,20-14-. The molecule has 29 heavy (non-hydrogen) atoms. The van der Waals surface area contributed by atoms with Crippen molar-refractivity contribution in [1.29, 1.82) is 0 Å². The first kappa shape index (κ1) is 20.3. The third-order valence-corrected chi connectivity index (χ3v) is 4.19. The molecule has 0 aliphatic rings. The van der Waals surface area contributed by atoms with Gasteiger partial charge in [0.1, 0.15) is 16.4 Å². The minimum absolute atomic E-state index is 0.182. The SMILES string of the molecule is CN(C)CCCOc1ccc(/C=c2\[nH]c(=O)/c(=C/c3cccnc3)[nH]c2=O)cc1. The van der Waals surface area contributed by atoms with Crippen LogP contribution in [-0.4, -0.2) is 47.1 Å². The second kappa shape index (κ2) is 9.66. The number of hydrogen-bond donors (Lipinski definition) is 2. The lowest BCUT2D eigenvalue weighted by atomic mass is 10.2. The summed E-state index contributed by atoms with van der Waals surface area (Å²) in [5, 5.41) is 0.375. The molecule has 0 spiro atoms. The monoisotopic (exact) mass is 392 g/mol. The minimum atomic E-state index is -0.374. The molecule has 2 heterocycles. The Morgan fingerprint density at radius 1 is 0.966 bits per heavy atom. The number of aromatic nitrogens is 3. The maximum Gasteiger partial charge on any atom is 0.272 e. The fraction of sp³-hybridized carbons (Fsp3) is 0.227. The Hall–Kier alpha value is -3.45. The zero-order valence-electron chi connectivity index (χ0n) is 16.5. The van der Waals surface area contributed by atoms with E-state index in [0.29, 0.717) is 6.61 Å². The largest absolute Gasteiger partial charge is 0.494 e. The highest BCUT2D eigenvalue weighted by molar-refractivity contribution is 5.50. The maximum absolute atomic E-state index is 12.4. The lowest BCUT2D eigenvalue weighted by molar-refractivity contribution is 0.281. The van der Waals surface area contributed by atoms with Crippen LogP contribution < -0.4 is 26.6 Å². The van der Waals surface area contributed by atoms with Gasteiger partial charge in [0.25, 0.3) is 11.1 Å². The molecule has 150 valence electrons. The highest BCUT2D eigenvalue weighted by atomic mass is 16.5. The van der Waals surface area contributed by atoms with E-state index in [1.807, 2.05) is 38.4 Å². The molecule has 0 unspecified atom stereocenters. The summed E-state index contributed by atoms with van der Waals surface area (Å²) < 4.78 is 5.70. The minimum Gasteiger partial charge on any atom is -0.494 e. The molecule has 7 nitrogen and oxygen atoms in total. The van der Waals surface area contributed by atoms with Gasteiger partial charge in [-0.3, -0.25) is 14.6 Å². The van der Waals surface area contributed by atoms with Crippen LogP contribution in [-0.2, 0) is 0 Å². The molecule has 0 amide bonds. The third kappa shape index (κ3) is 6.02. The topological polar surface area (TPSA) is 91.1 Å². The smallest absolute Gasteiger partial charge is 0.272 e. The predicted molar refractivity (Wildman–Crippen MR) is 113 cm³/mol. The summed E-state index contributed by atoms with van der Waals surface area (Å²) in [7, 11) is 4.06. The van der Waals surface area contributed by atoms with E-state index in [-0.39, 0.29) is 21.8 Å². The Morgan fingerprint density at radius 3 is 2.21 bits per heavy atom. The van der Waals surface area contributed by atoms with Gasteiger partial charge in [-0.2, -0.15) is 0 Å². The van der Waals surface area contributed by atoms with Crippen LogP contribution in [0.1, 0.15) is 17.5 Å². The average molecular weight is 392 g/mol. The van der Waals surface area contributed by atoms with Crippen molar-refractivity contribution in [2.45, 2.75) is 6.42 Å². The van der Waals surface area contributed by atoms with E-state index in [4.69, 9.17) is 4.74 Å². The highest BCUT2D eigenvalue weighted by Crippen LogP contribution is 2.12. The van der Waals surface area contributed by atoms with Gasteiger partial charge in [0.05, 0.1) is 6.61 Å². The Morgan fingerprint density at radius 2 is 1.62 bits per heavy atom. The quantitative estimate of drug-likeness (QED) is 0.570. The van der Waals surface area contributed by atoms with Gasteiger partial charge in [0.15, 0.2) is 0 Å². The summed E-state index contributed by atoms with van der Waals surface area (Å²) in [5.74, 6) is 0.768.